The smallest absolute Gasteiger partial charge is 0.307 e. The highest BCUT2D eigenvalue weighted by Crippen LogP contribution is 2.19. The summed E-state index contributed by atoms with van der Waals surface area (Å²) >= 11 is 0. The SMILES string of the molecule is CN=C(NCCC(=O)OC(C)C)NC1CCN(c2ccccc2)C1.I. The number of hydrogen-bond donors (Lipinski definition) is 2. The van der Waals surface area contributed by atoms with Crippen molar-refractivity contribution in [3.63, 3.8) is 0 Å². The Morgan fingerprint density at radius 2 is 2.08 bits per heavy atom. The second kappa shape index (κ2) is 11.2. The number of esters is 1. The molecule has 1 heterocycles. The van der Waals surface area contributed by atoms with Crippen molar-refractivity contribution in [3.05, 3.63) is 30.3 Å². The monoisotopic (exact) mass is 460 g/mol. The number of aliphatic imine (C=N–C) groups is 1. The molecule has 6 nitrogen and oxygen atoms in total. The summed E-state index contributed by atoms with van der Waals surface area (Å²) in [6, 6.07) is 10.8. The Morgan fingerprint density at radius 1 is 1.36 bits per heavy atom. The van der Waals surface area contributed by atoms with Crippen molar-refractivity contribution in [2.45, 2.75) is 38.8 Å². The number of anilines is 1. The molecule has 1 aliphatic heterocycles. The van der Waals surface area contributed by atoms with E-state index in [2.05, 4.69) is 44.8 Å². The van der Waals surface area contributed by atoms with Gasteiger partial charge < -0.3 is 20.3 Å². The maximum Gasteiger partial charge on any atom is 0.307 e. The summed E-state index contributed by atoms with van der Waals surface area (Å²) < 4.78 is 5.12. The van der Waals surface area contributed by atoms with E-state index in [-0.39, 0.29) is 36.0 Å². The predicted octanol–water partition coefficient (Wildman–Crippen LogP) is 2.39. The molecule has 0 saturated carbocycles. The van der Waals surface area contributed by atoms with E-state index in [0.29, 0.717) is 19.0 Å². The van der Waals surface area contributed by atoms with Crippen LogP contribution in [-0.2, 0) is 9.53 Å². The fourth-order valence-electron chi connectivity index (χ4n) is 2.74. The fraction of sp³-hybridized carbons (Fsp3) is 0.556. The van der Waals surface area contributed by atoms with Crippen molar-refractivity contribution in [1.82, 2.24) is 10.6 Å². The van der Waals surface area contributed by atoms with Crippen LogP contribution in [0.25, 0.3) is 0 Å². The lowest BCUT2D eigenvalue weighted by molar-refractivity contribution is -0.147. The van der Waals surface area contributed by atoms with E-state index in [1.54, 1.807) is 7.05 Å². The van der Waals surface area contributed by atoms with Crippen LogP contribution in [0.2, 0.25) is 0 Å². The van der Waals surface area contributed by atoms with Gasteiger partial charge in [-0.3, -0.25) is 9.79 Å². The molecule has 140 valence electrons. The molecule has 1 aliphatic rings. The van der Waals surface area contributed by atoms with E-state index in [1.807, 2.05) is 19.9 Å². The summed E-state index contributed by atoms with van der Waals surface area (Å²) in [5.41, 5.74) is 1.25. The van der Waals surface area contributed by atoms with Gasteiger partial charge in [0.2, 0.25) is 0 Å². The lowest BCUT2D eigenvalue weighted by atomic mass is 10.3. The zero-order chi connectivity index (χ0) is 17.4. The standard InChI is InChI=1S/C18H28N4O2.HI/c1-14(2)24-17(23)9-11-20-18(19-3)21-15-10-12-22(13-15)16-7-5-4-6-8-16;/h4-8,14-15H,9-13H2,1-3H3,(H2,19,20,21);1H. The minimum Gasteiger partial charge on any atom is -0.463 e. The second-order valence-electron chi connectivity index (χ2n) is 6.20. The van der Waals surface area contributed by atoms with Crippen molar-refractivity contribution < 1.29 is 9.53 Å². The zero-order valence-corrected chi connectivity index (χ0v) is 17.5. The van der Waals surface area contributed by atoms with E-state index in [1.165, 1.54) is 5.69 Å². The predicted molar refractivity (Wildman–Crippen MR) is 113 cm³/mol. The van der Waals surface area contributed by atoms with Gasteiger partial charge in [0.05, 0.1) is 12.5 Å². The quantitative estimate of drug-likeness (QED) is 0.296. The van der Waals surface area contributed by atoms with Gasteiger partial charge in [0, 0.05) is 38.4 Å². The lowest BCUT2D eigenvalue weighted by Crippen LogP contribution is -2.45. The number of para-hydroxylation sites is 1. The maximum atomic E-state index is 11.5. The van der Waals surface area contributed by atoms with Crippen LogP contribution in [0.1, 0.15) is 26.7 Å². The Bertz CT molecular complexity index is 551. The molecule has 0 radical (unpaired) electrons. The van der Waals surface area contributed by atoms with Gasteiger partial charge in [-0.15, -0.1) is 24.0 Å². The molecule has 1 saturated heterocycles. The first kappa shape index (κ1) is 21.5. The molecule has 1 aromatic carbocycles. The van der Waals surface area contributed by atoms with E-state index in [4.69, 9.17) is 4.74 Å². The first-order valence-electron chi connectivity index (χ1n) is 8.55. The van der Waals surface area contributed by atoms with Gasteiger partial charge in [-0.25, -0.2) is 0 Å². The lowest BCUT2D eigenvalue weighted by Gasteiger charge is -2.20. The van der Waals surface area contributed by atoms with Gasteiger partial charge in [-0.05, 0) is 32.4 Å². The van der Waals surface area contributed by atoms with Gasteiger partial charge in [0.15, 0.2) is 5.96 Å². The molecule has 2 N–H and O–H groups in total. The average molecular weight is 460 g/mol. The highest BCUT2D eigenvalue weighted by Gasteiger charge is 2.23. The molecule has 0 amide bonds. The van der Waals surface area contributed by atoms with Gasteiger partial charge >= 0.3 is 5.97 Å². The third-order valence-corrected chi connectivity index (χ3v) is 3.86. The third-order valence-electron chi connectivity index (χ3n) is 3.86. The summed E-state index contributed by atoms with van der Waals surface area (Å²) in [6.07, 6.45) is 1.32. The average Bonchev–Trinajstić information content (AvgIpc) is 3.02. The molecule has 1 aromatic rings. The van der Waals surface area contributed by atoms with E-state index in [0.717, 1.165) is 25.5 Å². The van der Waals surface area contributed by atoms with Crippen molar-refractivity contribution in [3.8, 4) is 0 Å². The normalized spacial score (nSPS) is 17.2. The van der Waals surface area contributed by atoms with Gasteiger partial charge in [0.1, 0.15) is 0 Å². The minimum absolute atomic E-state index is 0. The van der Waals surface area contributed by atoms with Crippen LogP contribution in [0.15, 0.2) is 35.3 Å². The van der Waals surface area contributed by atoms with Crippen LogP contribution in [0, 0.1) is 0 Å². The number of guanidine groups is 1. The first-order valence-corrected chi connectivity index (χ1v) is 8.55. The summed E-state index contributed by atoms with van der Waals surface area (Å²) in [7, 11) is 1.74. The van der Waals surface area contributed by atoms with E-state index < -0.39 is 0 Å². The number of carbonyl (C=O) groups is 1. The molecule has 2 rings (SSSR count). The molecule has 1 unspecified atom stereocenters. The van der Waals surface area contributed by atoms with Crippen molar-refractivity contribution in [1.29, 1.82) is 0 Å². The van der Waals surface area contributed by atoms with Crippen LogP contribution in [0.5, 0.6) is 0 Å². The van der Waals surface area contributed by atoms with Crippen LogP contribution in [0.4, 0.5) is 5.69 Å². The molecule has 0 bridgehead atoms. The number of nitrogens with one attached hydrogen (secondary N) is 2. The summed E-state index contributed by atoms with van der Waals surface area (Å²) in [4.78, 5) is 18.1. The molecule has 1 atom stereocenters. The van der Waals surface area contributed by atoms with Crippen LogP contribution in [-0.4, -0.2) is 50.8 Å². The summed E-state index contributed by atoms with van der Waals surface area (Å²) in [5, 5.41) is 6.60. The van der Waals surface area contributed by atoms with Gasteiger partial charge in [-0.1, -0.05) is 18.2 Å². The number of rotatable bonds is 6. The zero-order valence-electron chi connectivity index (χ0n) is 15.2. The molecule has 0 aliphatic carbocycles. The summed E-state index contributed by atoms with van der Waals surface area (Å²) in [6.45, 7) is 6.19. The topological polar surface area (TPSA) is 66.0 Å². The molecule has 25 heavy (non-hydrogen) atoms. The van der Waals surface area contributed by atoms with Crippen LogP contribution in [0.3, 0.4) is 0 Å². The highest BCUT2D eigenvalue weighted by molar-refractivity contribution is 14.0. The summed E-state index contributed by atoms with van der Waals surface area (Å²) in [5.74, 6) is 0.538. The molecule has 0 aromatic heterocycles. The number of carbonyl (C=O) groups excluding carboxylic acids is 1. The Morgan fingerprint density at radius 3 is 2.72 bits per heavy atom. The van der Waals surface area contributed by atoms with Gasteiger partial charge in [-0.2, -0.15) is 0 Å². The molecular weight excluding hydrogens is 431 g/mol. The van der Waals surface area contributed by atoms with Crippen molar-refractivity contribution in [2.24, 2.45) is 4.99 Å². The minimum atomic E-state index is -0.191. The number of nitrogens with zero attached hydrogens (tertiary/aromatic N) is 2. The number of hydrogen-bond acceptors (Lipinski definition) is 4. The van der Waals surface area contributed by atoms with E-state index in [9.17, 15) is 4.79 Å². The molecule has 7 heteroatoms. The second-order valence-corrected chi connectivity index (χ2v) is 6.20. The van der Waals surface area contributed by atoms with Crippen molar-refractivity contribution in [2.75, 3.05) is 31.6 Å². The Kier molecular flexibility index (Phi) is 9.62. The molecule has 0 spiro atoms. The molecular formula is C18H29IN4O2. The maximum absolute atomic E-state index is 11.5. The largest absolute Gasteiger partial charge is 0.463 e. The number of halogens is 1. The Balaban J connectivity index is 0.00000312. The van der Waals surface area contributed by atoms with Crippen LogP contribution >= 0.6 is 24.0 Å². The number of ether oxygens (including phenoxy) is 1. The van der Waals surface area contributed by atoms with Crippen molar-refractivity contribution >= 4 is 41.6 Å². The van der Waals surface area contributed by atoms with Crippen LogP contribution < -0.4 is 15.5 Å². The van der Waals surface area contributed by atoms with Gasteiger partial charge in [0.25, 0.3) is 0 Å². The third kappa shape index (κ3) is 7.50. The Hall–Kier alpha value is -1.51. The first-order chi connectivity index (χ1) is 11.6. The fourth-order valence-corrected chi connectivity index (χ4v) is 2.74. The highest BCUT2D eigenvalue weighted by atomic mass is 127. The van der Waals surface area contributed by atoms with E-state index >= 15 is 0 Å². The Labute approximate surface area is 167 Å². The molecule has 1 fully saturated rings. The number of benzene rings is 1.